The van der Waals surface area contributed by atoms with Crippen LogP contribution in [0.15, 0.2) is 109 Å². The summed E-state index contributed by atoms with van der Waals surface area (Å²) in [5.74, 6) is 8.46. The molecule has 1 atom stereocenters. The van der Waals surface area contributed by atoms with Gasteiger partial charge in [0.05, 0.1) is 0 Å². The van der Waals surface area contributed by atoms with Crippen molar-refractivity contribution < 1.29 is 17.1 Å². The van der Waals surface area contributed by atoms with Crippen LogP contribution < -0.4 is 15.9 Å². The summed E-state index contributed by atoms with van der Waals surface area (Å²) in [7, 11) is -0.576. The van der Waals surface area contributed by atoms with Crippen LogP contribution in [0.2, 0.25) is 0 Å². The summed E-state index contributed by atoms with van der Waals surface area (Å²) >= 11 is 0. The van der Waals surface area contributed by atoms with Crippen molar-refractivity contribution >= 4 is 31.8 Å². The molecule has 252 valence electrons. The van der Waals surface area contributed by atoms with Gasteiger partial charge in [-0.3, -0.25) is 0 Å². The molecule has 0 aliphatic heterocycles. The normalized spacial score (nSPS) is 35.6. The maximum Gasteiger partial charge on any atom is 0 e. The quantitative estimate of drug-likeness (QED) is 0.102. The van der Waals surface area contributed by atoms with Crippen molar-refractivity contribution in [2.24, 2.45) is 47.3 Å². The molecular formula is C44H52FeP2-6. The molecule has 0 N–H and O–H groups in total. The first-order valence-corrected chi connectivity index (χ1v) is 21.7. The first-order valence-electron chi connectivity index (χ1n) is 18.8. The Kier molecular flexibility index (Phi) is 9.76. The van der Waals surface area contributed by atoms with Crippen LogP contribution in [0.5, 0.6) is 0 Å². The third-order valence-corrected chi connectivity index (χ3v) is 20.3. The Hall–Kier alpha value is -1.48. The van der Waals surface area contributed by atoms with E-state index in [1.165, 1.54) is 0 Å². The van der Waals surface area contributed by atoms with Crippen LogP contribution in [0.25, 0.3) is 0 Å². The average Bonchev–Trinajstić information content (AvgIpc) is 3.80. The van der Waals surface area contributed by atoms with E-state index in [0.717, 1.165) is 58.7 Å². The standard InChI is InChI=1S/C39H47P2.C5H5.Fe/c1-25(40(34-9-4-2-5-10-34)35-11-6-3-7-12-35)36-13-8-14-37(36)41(38-30-17-26-15-27(19-30)20-31(38)18-26)39-32-21-28-16-29(23-32)24-33(39)22-28;1-2-4-5-3-1;/h2-14,25-33,38-39H,15-24H2,1H3;1-5H;/q-1;-5;. The molecule has 8 bridgehead atoms. The predicted molar refractivity (Wildman–Crippen MR) is 200 cm³/mol. The minimum absolute atomic E-state index is 0. The van der Waals surface area contributed by atoms with E-state index in [9.17, 15) is 0 Å². The van der Waals surface area contributed by atoms with Gasteiger partial charge < -0.3 is 30.3 Å². The van der Waals surface area contributed by atoms with Crippen molar-refractivity contribution in [3.63, 3.8) is 0 Å². The Morgan fingerprint density at radius 3 is 1.30 bits per heavy atom. The van der Waals surface area contributed by atoms with E-state index in [0.29, 0.717) is 5.66 Å². The van der Waals surface area contributed by atoms with Crippen LogP contribution >= 0.6 is 15.8 Å². The Morgan fingerprint density at radius 2 is 0.915 bits per heavy atom. The largest absolute Gasteiger partial charge is 0.748 e. The van der Waals surface area contributed by atoms with Gasteiger partial charge in [-0.05, 0) is 147 Å². The first-order chi connectivity index (χ1) is 22.7. The number of benzene rings is 2. The fraction of sp³-hybridized carbons (Fsp3) is 0.500. The Bertz CT molecular complexity index is 1400. The molecule has 0 heterocycles. The molecule has 0 aromatic heterocycles. The zero-order valence-electron chi connectivity index (χ0n) is 28.1. The van der Waals surface area contributed by atoms with Crippen molar-refractivity contribution in [3.05, 3.63) is 115 Å². The van der Waals surface area contributed by atoms with Crippen LogP contribution in [-0.2, 0) is 17.1 Å². The number of hydrogen-bond acceptors (Lipinski definition) is 0. The monoisotopic (exact) mass is 698 g/mol. The van der Waals surface area contributed by atoms with Gasteiger partial charge in [-0.1, -0.05) is 75.5 Å². The van der Waals surface area contributed by atoms with Gasteiger partial charge in [0, 0.05) is 17.1 Å². The molecule has 8 aliphatic carbocycles. The van der Waals surface area contributed by atoms with Crippen molar-refractivity contribution in [3.8, 4) is 0 Å². The van der Waals surface area contributed by atoms with Gasteiger partial charge in [0.15, 0.2) is 0 Å². The third kappa shape index (κ3) is 6.25. The SMILES string of the molecule is CC([c-]1cccc1P(C1C2CC3CC(C2)CC1C3)C1C2CC3CC(C2)CC1C3)P(c1ccccc1)c1ccccc1.[Fe].[cH-]1[cH-][cH-][cH-][cH-]1. The van der Waals surface area contributed by atoms with Crippen LogP contribution in [0.3, 0.4) is 0 Å². The van der Waals surface area contributed by atoms with Gasteiger partial charge in [0.2, 0.25) is 0 Å². The summed E-state index contributed by atoms with van der Waals surface area (Å²) in [6, 6.07) is 40.9. The van der Waals surface area contributed by atoms with Crippen molar-refractivity contribution in [1.29, 1.82) is 0 Å². The first kappa shape index (κ1) is 32.7. The second-order valence-electron chi connectivity index (χ2n) is 16.3. The van der Waals surface area contributed by atoms with Crippen molar-refractivity contribution in [2.75, 3.05) is 0 Å². The molecule has 3 heteroatoms. The van der Waals surface area contributed by atoms with E-state index >= 15 is 0 Å². The Morgan fingerprint density at radius 1 is 0.532 bits per heavy atom. The molecule has 0 spiro atoms. The predicted octanol–water partition coefficient (Wildman–Crippen LogP) is 10.8. The van der Waals surface area contributed by atoms with E-state index in [4.69, 9.17) is 0 Å². The molecule has 8 saturated carbocycles. The zero-order chi connectivity index (χ0) is 30.6. The molecular weight excluding hydrogens is 646 g/mol. The van der Waals surface area contributed by atoms with Crippen LogP contribution in [0.1, 0.15) is 82.4 Å². The minimum atomic E-state index is -0.452. The molecule has 12 rings (SSSR count). The van der Waals surface area contributed by atoms with E-state index in [1.54, 1.807) is 80.4 Å². The fourth-order valence-corrected chi connectivity index (χ4v) is 19.9. The Balaban J connectivity index is 0.000000497. The molecule has 47 heavy (non-hydrogen) atoms. The smallest absolute Gasteiger partial charge is 0 e. The summed E-state index contributed by atoms with van der Waals surface area (Å²) in [6.45, 7) is 2.60. The average molecular weight is 699 g/mol. The third-order valence-electron chi connectivity index (χ3n) is 13.6. The van der Waals surface area contributed by atoms with Gasteiger partial charge in [-0.25, -0.2) is 12.1 Å². The van der Waals surface area contributed by atoms with Crippen LogP contribution in [0.4, 0.5) is 0 Å². The minimum Gasteiger partial charge on any atom is -0.748 e. The van der Waals surface area contributed by atoms with Crippen molar-refractivity contribution in [2.45, 2.75) is 88.1 Å². The van der Waals surface area contributed by atoms with E-state index in [1.807, 2.05) is 35.6 Å². The van der Waals surface area contributed by atoms with Gasteiger partial charge in [-0.2, -0.15) is 6.07 Å². The summed E-state index contributed by atoms with van der Waals surface area (Å²) in [6.07, 6.45) is 15.8. The van der Waals surface area contributed by atoms with E-state index in [2.05, 4.69) is 85.8 Å². The van der Waals surface area contributed by atoms with Gasteiger partial charge in [-0.15, -0.1) is 10.9 Å². The van der Waals surface area contributed by atoms with Crippen molar-refractivity contribution in [1.82, 2.24) is 0 Å². The van der Waals surface area contributed by atoms with Gasteiger partial charge in [0.1, 0.15) is 0 Å². The van der Waals surface area contributed by atoms with Crippen LogP contribution in [0, 0.1) is 47.3 Å². The fourth-order valence-electron chi connectivity index (χ4n) is 12.5. The molecule has 1 unspecified atom stereocenters. The summed E-state index contributed by atoms with van der Waals surface area (Å²) in [4.78, 5) is 0. The van der Waals surface area contributed by atoms with Gasteiger partial charge >= 0.3 is 0 Å². The number of rotatable bonds is 7. The maximum absolute atomic E-state index is 2.69. The second kappa shape index (κ2) is 14.0. The molecule has 8 fully saturated rings. The van der Waals surface area contributed by atoms with Gasteiger partial charge in [0.25, 0.3) is 0 Å². The molecule has 0 amide bonds. The summed E-state index contributed by atoms with van der Waals surface area (Å²) in [5.41, 5.74) is 4.35. The molecule has 0 saturated heterocycles. The van der Waals surface area contributed by atoms with E-state index in [-0.39, 0.29) is 25.0 Å². The molecule has 0 radical (unpaired) electrons. The summed E-state index contributed by atoms with van der Waals surface area (Å²) in [5, 5.41) is 4.98. The summed E-state index contributed by atoms with van der Waals surface area (Å²) < 4.78 is 0. The molecule has 4 aromatic carbocycles. The second-order valence-corrected chi connectivity index (χ2v) is 21.3. The maximum atomic E-state index is 2.69. The topological polar surface area (TPSA) is 0 Å². The Labute approximate surface area is 297 Å². The number of hydrogen-bond donors (Lipinski definition) is 0. The molecule has 4 aromatic rings. The van der Waals surface area contributed by atoms with Crippen LogP contribution in [-0.4, -0.2) is 11.3 Å². The zero-order valence-corrected chi connectivity index (χ0v) is 31.0. The molecule has 0 nitrogen and oxygen atoms in total. The molecule has 8 aliphatic rings. The van der Waals surface area contributed by atoms with E-state index < -0.39 is 7.92 Å².